The Bertz CT molecular complexity index is 761. The summed E-state index contributed by atoms with van der Waals surface area (Å²) in [4.78, 5) is 27.8. The Labute approximate surface area is 135 Å². The van der Waals surface area contributed by atoms with Crippen molar-refractivity contribution in [3.63, 3.8) is 0 Å². The number of nitrogens with one attached hydrogen (secondary N) is 1. The normalized spacial score (nSPS) is 20.5. The van der Waals surface area contributed by atoms with E-state index in [-0.39, 0.29) is 11.9 Å². The summed E-state index contributed by atoms with van der Waals surface area (Å²) in [7, 11) is 1.48. The number of benzene rings is 1. The summed E-state index contributed by atoms with van der Waals surface area (Å²) in [5, 5.41) is 11.8. The van der Waals surface area contributed by atoms with Crippen LogP contribution in [-0.2, 0) is 4.79 Å². The molecule has 0 radical (unpaired) electrons. The number of carbonyl (C=O) groups excluding carboxylic acids is 1. The number of nitrogens with zero attached hydrogens (tertiary/aromatic N) is 1. The molecule has 1 aliphatic carbocycles. The Balaban J connectivity index is 1.94. The quantitative estimate of drug-likeness (QED) is 0.893. The second-order valence-electron chi connectivity index (χ2n) is 5.06. The van der Waals surface area contributed by atoms with Crippen LogP contribution in [0.1, 0.15) is 23.2 Å². The lowest BCUT2D eigenvalue weighted by Crippen LogP contribution is -2.49. The number of ether oxygens (including phenoxy) is 1. The highest BCUT2D eigenvalue weighted by atomic mass is 35.5. The molecular formula is C14H13ClN2O4S. The van der Waals surface area contributed by atoms with Crippen molar-refractivity contribution in [3.8, 4) is 5.75 Å². The number of hydrogen-bond acceptors (Lipinski definition) is 5. The van der Waals surface area contributed by atoms with Gasteiger partial charge in [-0.2, -0.15) is 0 Å². The molecule has 2 aromatic rings. The second-order valence-corrected chi connectivity index (χ2v) is 6.64. The fraction of sp³-hybridized carbons (Fsp3) is 0.357. The maximum atomic E-state index is 12.6. The number of amides is 1. The molecule has 1 amide bonds. The number of rotatable bonds is 4. The standard InChI is InChI=1S/C14H13ClN2O4S/c1-21-9-5-4-8-11(22-14(15)17-8)10(9)12(18)16-7-3-2-6(7)13(19)20/h4-7H,2-3H2,1H3,(H,16,18)(H,19,20). The average molecular weight is 341 g/mol. The highest BCUT2D eigenvalue weighted by molar-refractivity contribution is 7.22. The maximum Gasteiger partial charge on any atom is 0.308 e. The zero-order chi connectivity index (χ0) is 15.9. The SMILES string of the molecule is COc1ccc2nc(Cl)sc2c1C(=O)NC1CCC1C(=O)O. The van der Waals surface area contributed by atoms with Crippen molar-refractivity contribution in [2.24, 2.45) is 5.92 Å². The van der Waals surface area contributed by atoms with Crippen molar-refractivity contribution < 1.29 is 19.4 Å². The molecule has 1 fully saturated rings. The number of carbonyl (C=O) groups is 2. The molecule has 2 atom stereocenters. The molecule has 22 heavy (non-hydrogen) atoms. The minimum atomic E-state index is -0.887. The molecule has 116 valence electrons. The summed E-state index contributed by atoms with van der Waals surface area (Å²) in [6.07, 6.45) is 1.23. The number of carboxylic acids is 1. The largest absolute Gasteiger partial charge is 0.496 e. The summed E-state index contributed by atoms with van der Waals surface area (Å²) < 4.78 is 6.22. The van der Waals surface area contributed by atoms with E-state index in [0.717, 1.165) is 0 Å². The summed E-state index contributed by atoms with van der Waals surface area (Å²) in [5.41, 5.74) is 0.963. The number of carboxylic acid groups (broad SMARTS) is 1. The number of thiazole rings is 1. The van der Waals surface area contributed by atoms with E-state index in [1.54, 1.807) is 12.1 Å². The third-order valence-corrected chi connectivity index (χ3v) is 5.04. The third-order valence-electron chi connectivity index (χ3n) is 3.85. The molecule has 1 aromatic heterocycles. The van der Waals surface area contributed by atoms with Gasteiger partial charge in [0.1, 0.15) is 11.3 Å². The zero-order valence-electron chi connectivity index (χ0n) is 11.6. The van der Waals surface area contributed by atoms with E-state index in [4.69, 9.17) is 21.4 Å². The molecule has 2 unspecified atom stereocenters. The monoisotopic (exact) mass is 340 g/mol. The van der Waals surface area contributed by atoms with E-state index >= 15 is 0 Å². The molecule has 1 aromatic carbocycles. The molecule has 1 aliphatic rings. The molecule has 1 saturated carbocycles. The smallest absolute Gasteiger partial charge is 0.308 e. The summed E-state index contributed by atoms with van der Waals surface area (Å²) in [6.45, 7) is 0. The van der Waals surface area contributed by atoms with Gasteiger partial charge in [-0.25, -0.2) is 4.98 Å². The Morgan fingerprint density at radius 3 is 2.82 bits per heavy atom. The predicted molar refractivity (Wildman–Crippen MR) is 82.8 cm³/mol. The third kappa shape index (κ3) is 2.50. The van der Waals surface area contributed by atoms with Crippen molar-refractivity contribution >= 4 is 45.0 Å². The van der Waals surface area contributed by atoms with E-state index < -0.39 is 11.9 Å². The molecular weight excluding hydrogens is 328 g/mol. The lowest BCUT2D eigenvalue weighted by atomic mass is 9.79. The van der Waals surface area contributed by atoms with E-state index in [1.807, 2.05) is 0 Å². The zero-order valence-corrected chi connectivity index (χ0v) is 13.2. The van der Waals surface area contributed by atoms with Crippen LogP contribution in [0.15, 0.2) is 12.1 Å². The van der Waals surface area contributed by atoms with E-state index in [1.165, 1.54) is 18.4 Å². The summed E-state index contributed by atoms with van der Waals surface area (Å²) >= 11 is 7.11. The Kier molecular flexibility index (Phi) is 3.92. The lowest BCUT2D eigenvalue weighted by Gasteiger charge is -2.34. The van der Waals surface area contributed by atoms with Crippen LogP contribution in [0.3, 0.4) is 0 Å². The van der Waals surface area contributed by atoms with Gasteiger partial charge in [-0.1, -0.05) is 11.6 Å². The van der Waals surface area contributed by atoms with Crippen molar-refractivity contribution in [2.45, 2.75) is 18.9 Å². The van der Waals surface area contributed by atoms with Gasteiger partial charge in [-0.05, 0) is 25.0 Å². The fourth-order valence-corrected chi connectivity index (χ4v) is 3.69. The van der Waals surface area contributed by atoms with Gasteiger partial charge in [0.2, 0.25) is 0 Å². The van der Waals surface area contributed by atoms with Gasteiger partial charge in [-0.3, -0.25) is 9.59 Å². The molecule has 3 rings (SSSR count). The van der Waals surface area contributed by atoms with Crippen LogP contribution in [-0.4, -0.2) is 35.1 Å². The lowest BCUT2D eigenvalue weighted by molar-refractivity contribution is -0.145. The van der Waals surface area contributed by atoms with Crippen LogP contribution in [0.25, 0.3) is 10.2 Å². The van der Waals surface area contributed by atoms with E-state index in [9.17, 15) is 9.59 Å². The first-order valence-electron chi connectivity index (χ1n) is 6.68. The molecule has 6 nitrogen and oxygen atoms in total. The number of aromatic nitrogens is 1. The van der Waals surface area contributed by atoms with Gasteiger partial charge in [0, 0.05) is 6.04 Å². The highest BCUT2D eigenvalue weighted by Crippen LogP contribution is 2.35. The Hall–Kier alpha value is -1.86. The first kappa shape index (κ1) is 15.1. The van der Waals surface area contributed by atoms with Crippen LogP contribution in [0.2, 0.25) is 4.47 Å². The topological polar surface area (TPSA) is 88.5 Å². The van der Waals surface area contributed by atoms with Crippen molar-refractivity contribution in [1.82, 2.24) is 10.3 Å². The molecule has 1 heterocycles. The van der Waals surface area contributed by atoms with Crippen LogP contribution < -0.4 is 10.1 Å². The molecule has 2 N–H and O–H groups in total. The van der Waals surface area contributed by atoms with Crippen molar-refractivity contribution in [1.29, 1.82) is 0 Å². The van der Waals surface area contributed by atoms with Gasteiger partial charge in [0.15, 0.2) is 4.47 Å². The van der Waals surface area contributed by atoms with Gasteiger partial charge in [0.25, 0.3) is 5.91 Å². The highest BCUT2D eigenvalue weighted by Gasteiger charge is 2.38. The summed E-state index contributed by atoms with van der Waals surface area (Å²) in [5.74, 6) is -1.36. The Morgan fingerprint density at radius 2 is 2.23 bits per heavy atom. The number of halogens is 1. The average Bonchev–Trinajstić information content (AvgIpc) is 2.81. The summed E-state index contributed by atoms with van der Waals surface area (Å²) in [6, 6.07) is 3.03. The molecule has 0 spiro atoms. The molecule has 8 heteroatoms. The number of methoxy groups -OCH3 is 1. The molecule has 0 bridgehead atoms. The van der Waals surface area contributed by atoms with Crippen molar-refractivity contribution in [2.75, 3.05) is 7.11 Å². The first-order valence-corrected chi connectivity index (χ1v) is 7.87. The maximum absolute atomic E-state index is 12.6. The van der Waals surface area contributed by atoms with Crippen LogP contribution in [0.5, 0.6) is 5.75 Å². The van der Waals surface area contributed by atoms with E-state index in [0.29, 0.717) is 38.8 Å². The minimum absolute atomic E-state index is 0.337. The van der Waals surface area contributed by atoms with Gasteiger partial charge in [-0.15, -0.1) is 11.3 Å². The van der Waals surface area contributed by atoms with Crippen LogP contribution >= 0.6 is 22.9 Å². The predicted octanol–water partition coefficient (Wildman–Crippen LogP) is 2.55. The van der Waals surface area contributed by atoms with Gasteiger partial charge < -0.3 is 15.2 Å². The second kappa shape index (κ2) is 5.73. The van der Waals surface area contributed by atoms with Crippen LogP contribution in [0, 0.1) is 5.92 Å². The fourth-order valence-electron chi connectivity index (χ4n) is 2.54. The van der Waals surface area contributed by atoms with Gasteiger partial charge in [0.05, 0.1) is 23.2 Å². The number of aliphatic carboxylic acids is 1. The van der Waals surface area contributed by atoms with Gasteiger partial charge >= 0.3 is 5.97 Å². The molecule has 0 saturated heterocycles. The van der Waals surface area contributed by atoms with E-state index in [2.05, 4.69) is 10.3 Å². The van der Waals surface area contributed by atoms with Crippen molar-refractivity contribution in [3.05, 3.63) is 22.2 Å². The number of fused-ring (bicyclic) bond motifs is 1. The molecule has 0 aliphatic heterocycles. The number of hydrogen-bond donors (Lipinski definition) is 2. The minimum Gasteiger partial charge on any atom is -0.496 e. The first-order chi connectivity index (χ1) is 10.5. The Morgan fingerprint density at radius 1 is 1.45 bits per heavy atom. The van der Waals surface area contributed by atoms with Crippen LogP contribution in [0.4, 0.5) is 0 Å².